The van der Waals surface area contributed by atoms with Crippen molar-refractivity contribution in [2.45, 2.75) is 13.0 Å². The van der Waals surface area contributed by atoms with Crippen LogP contribution in [0.4, 0.5) is 11.6 Å². The summed E-state index contributed by atoms with van der Waals surface area (Å²) in [5.74, 6) is 1.57. The molecular formula is C26H22ClN5O2. The quantitative estimate of drug-likeness (QED) is 0.399. The molecule has 0 fully saturated rings. The van der Waals surface area contributed by atoms with Crippen molar-refractivity contribution in [3.05, 3.63) is 101 Å². The van der Waals surface area contributed by atoms with E-state index >= 15 is 0 Å². The van der Waals surface area contributed by atoms with Gasteiger partial charge in [-0.2, -0.15) is 4.98 Å². The minimum absolute atomic E-state index is 0.220. The second-order valence-corrected chi connectivity index (χ2v) is 8.31. The van der Waals surface area contributed by atoms with E-state index in [0.717, 1.165) is 16.9 Å². The van der Waals surface area contributed by atoms with Gasteiger partial charge in [0.1, 0.15) is 11.8 Å². The Kier molecular flexibility index (Phi) is 5.77. The van der Waals surface area contributed by atoms with Crippen LogP contribution in [0.2, 0.25) is 5.02 Å². The first kappa shape index (κ1) is 21.7. The molecule has 2 heterocycles. The highest BCUT2D eigenvalue weighted by Crippen LogP contribution is 2.37. The van der Waals surface area contributed by atoms with E-state index in [4.69, 9.17) is 26.4 Å². The van der Waals surface area contributed by atoms with Crippen LogP contribution < -0.4 is 15.4 Å². The normalized spacial score (nSPS) is 14.9. The summed E-state index contributed by atoms with van der Waals surface area (Å²) in [5, 5.41) is 11.6. The van der Waals surface area contributed by atoms with E-state index in [1.807, 2.05) is 79.7 Å². The standard InChI is InChI=1S/C26H22ClN5O2/c1-16-22(25(33)29-20-9-4-3-5-10-20)23(17-11-13-21(34-2)14-12-17)32-26(28-16)30-24(31-32)18-7-6-8-19(27)15-18/h3-15,23H,1-2H3,(H,29,33)(H,28,30,31). The molecule has 2 N–H and O–H groups in total. The van der Waals surface area contributed by atoms with E-state index < -0.39 is 6.04 Å². The molecule has 1 aliphatic rings. The number of methoxy groups -OCH3 is 1. The lowest BCUT2D eigenvalue weighted by atomic mass is 9.95. The molecule has 1 aliphatic heterocycles. The van der Waals surface area contributed by atoms with Gasteiger partial charge in [0, 0.05) is 22.0 Å². The number of carbonyl (C=O) groups excluding carboxylic acids is 1. The van der Waals surface area contributed by atoms with Gasteiger partial charge in [-0.05, 0) is 48.9 Å². The molecular weight excluding hydrogens is 450 g/mol. The van der Waals surface area contributed by atoms with Crippen LogP contribution in [0.5, 0.6) is 5.75 Å². The first-order valence-electron chi connectivity index (χ1n) is 10.7. The summed E-state index contributed by atoms with van der Waals surface area (Å²) in [5.41, 5.74) is 3.63. The van der Waals surface area contributed by atoms with Crippen molar-refractivity contribution in [1.82, 2.24) is 14.8 Å². The monoisotopic (exact) mass is 471 g/mol. The molecule has 3 aromatic carbocycles. The maximum absolute atomic E-state index is 13.5. The molecule has 0 bridgehead atoms. The Morgan fingerprint density at radius 2 is 1.82 bits per heavy atom. The van der Waals surface area contributed by atoms with Crippen LogP contribution in [-0.2, 0) is 4.79 Å². The number of hydrogen-bond acceptors (Lipinski definition) is 5. The highest BCUT2D eigenvalue weighted by Gasteiger charge is 2.34. The zero-order valence-corrected chi connectivity index (χ0v) is 19.4. The van der Waals surface area contributed by atoms with E-state index in [1.54, 1.807) is 17.9 Å². The number of rotatable bonds is 5. The van der Waals surface area contributed by atoms with Gasteiger partial charge in [0.05, 0.1) is 12.7 Å². The van der Waals surface area contributed by atoms with Gasteiger partial charge in [-0.3, -0.25) is 4.79 Å². The lowest BCUT2D eigenvalue weighted by Gasteiger charge is -2.28. The molecule has 0 spiro atoms. The molecule has 4 aromatic rings. The number of aromatic nitrogens is 3. The van der Waals surface area contributed by atoms with Crippen molar-refractivity contribution in [2.75, 3.05) is 17.7 Å². The zero-order valence-electron chi connectivity index (χ0n) is 18.6. The van der Waals surface area contributed by atoms with E-state index in [1.165, 1.54) is 0 Å². The van der Waals surface area contributed by atoms with E-state index in [2.05, 4.69) is 10.6 Å². The minimum atomic E-state index is -0.494. The molecule has 170 valence electrons. The molecule has 1 unspecified atom stereocenters. The number of nitrogens with zero attached hydrogens (tertiary/aromatic N) is 3. The Labute approximate surface area is 202 Å². The molecule has 1 amide bonds. The zero-order chi connectivity index (χ0) is 23.7. The number of hydrogen-bond donors (Lipinski definition) is 2. The molecule has 0 aliphatic carbocycles. The van der Waals surface area contributed by atoms with Crippen molar-refractivity contribution in [2.24, 2.45) is 0 Å². The Bertz CT molecular complexity index is 1380. The predicted molar refractivity (Wildman–Crippen MR) is 133 cm³/mol. The summed E-state index contributed by atoms with van der Waals surface area (Å²) >= 11 is 6.19. The third-order valence-electron chi connectivity index (χ3n) is 5.64. The highest BCUT2D eigenvalue weighted by molar-refractivity contribution is 6.30. The largest absolute Gasteiger partial charge is 0.497 e. The van der Waals surface area contributed by atoms with Gasteiger partial charge < -0.3 is 15.4 Å². The summed E-state index contributed by atoms with van der Waals surface area (Å²) in [7, 11) is 1.62. The Hall–Kier alpha value is -4.10. The second-order valence-electron chi connectivity index (χ2n) is 7.87. The summed E-state index contributed by atoms with van der Waals surface area (Å²) < 4.78 is 7.06. The maximum atomic E-state index is 13.5. The fourth-order valence-corrected chi connectivity index (χ4v) is 4.20. The van der Waals surface area contributed by atoms with Crippen LogP contribution in [0.25, 0.3) is 11.4 Å². The second kappa shape index (κ2) is 9.03. The predicted octanol–water partition coefficient (Wildman–Crippen LogP) is 5.53. The van der Waals surface area contributed by atoms with Gasteiger partial charge in [0.15, 0.2) is 5.82 Å². The average Bonchev–Trinajstić information content (AvgIpc) is 3.27. The van der Waals surface area contributed by atoms with E-state index in [9.17, 15) is 4.79 Å². The van der Waals surface area contributed by atoms with Gasteiger partial charge in [-0.25, -0.2) is 4.68 Å². The average molecular weight is 472 g/mol. The van der Waals surface area contributed by atoms with Gasteiger partial charge in [-0.1, -0.05) is 54.1 Å². The summed E-state index contributed by atoms with van der Waals surface area (Å²) in [6.07, 6.45) is 0. The van der Waals surface area contributed by atoms with Crippen LogP contribution in [0.1, 0.15) is 18.5 Å². The van der Waals surface area contributed by atoms with Crippen LogP contribution in [0.15, 0.2) is 90.1 Å². The number of halogens is 1. The smallest absolute Gasteiger partial charge is 0.255 e. The fraction of sp³-hybridized carbons (Fsp3) is 0.115. The van der Waals surface area contributed by atoms with Crippen molar-refractivity contribution < 1.29 is 9.53 Å². The van der Waals surface area contributed by atoms with Crippen LogP contribution in [-0.4, -0.2) is 27.8 Å². The van der Waals surface area contributed by atoms with Crippen molar-refractivity contribution >= 4 is 29.1 Å². The number of para-hydroxylation sites is 1. The molecule has 0 radical (unpaired) electrons. The first-order chi connectivity index (χ1) is 16.5. The van der Waals surface area contributed by atoms with E-state index in [-0.39, 0.29) is 5.91 Å². The van der Waals surface area contributed by atoms with Crippen molar-refractivity contribution in [3.63, 3.8) is 0 Å². The summed E-state index contributed by atoms with van der Waals surface area (Å²) in [6, 6.07) is 23.8. The van der Waals surface area contributed by atoms with Crippen LogP contribution in [0, 0.1) is 0 Å². The van der Waals surface area contributed by atoms with E-state index in [0.29, 0.717) is 33.8 Å². The SMILES string of the molecule is COc1ccc(C2C(C(=O)Nc3ccccc3)=C(C)Nc3nc(-c4cccc(Cl)c4)nn32)cc1. The number of anilines is 2. The van der Waals surface area contributed by atoms with Crippen molar-refractivity contribution in [1.29, 1.82) is 0 Å². The number of fused-ring (bicyclic) bond motifs is 1. The first-order valence-corrected chi connectivity index (χ1v) is 11.1. The number of carbonyl (C=O) groups is 1. The topological polar surface area (TPSA) is 81.1 Å². The molecule has 7 nitrogen and oxygen atoms in total. The number of ether oxygens (including phenoxy) is 1. The molecule has 1 atom stereocenters. The number of nitrogens with one attached hydrogen (secondary N) is 2. The Morgan fingerprint density at radius 1 is 1.06 bits per heavy atom. The van der Waals surface area contributed by atoms with Crippen molar-refractivity contribution in [3.8, 4) is 17.1 Å². The molecule has 0 saturated carbocycles. The summed E-state index contributed by atoms with van der Waals surface area (Å²) in [6.45, 7) is 1.87. The molecule has 8 heteroatoms. The lowest BCUT2D eigenvalue weighted by molar-refractivity contribution is -0.113. The lowest BCUT2D eigenvalue weighted by Crippen LogP contribution is -2.31. The number of amides is 1. The molecule has 5 rings (SSSR count). The van der Waals surface area contributed by atoms with Crippen LogP contribution >= 0.6 is 11.6 Å². The third-order valence-corrected chi connectivity index (χ3v) is 5.88. The number of allylic oxidation sites excluding steroid dienone is 1. The maximum Gasteiger partial charge on any atom is 0.255 e. The minimum Gasteiger partial charge on any atom is -0.497 e. The molecule has 0 saturated heterocycles. The summed E-state index contributed by atoms with van der Waals surface area (Å²) in [4.78, 5) is 18.2. The van der Waals surface area contributed by atoms with Gasteiger partial charge >= 0.3 is 0 Å². The third kappa shape index (κ3) is 4.13. The highest BCUT2D eigenvalue weighted by atomic mass is 35.5. The van der Waals surface area contributed by atoms with Gasteiger partial charge in [-0.15, -0.1) is 5.10 Å². The van der Waals surface area contributed by atoms with Gasteiger partial charge in [0.25, 0.3) is 5.91 Å². The Morgan fingerprint density at radius 3 is 2.53 bits per heavy atom. The van der Waals surface area contributed by atoms with Crippen LogP contribution in [0.3, 0.4) is 0 Å². The fourth-order valence-electron chi connectivity index (χ4n) is 4.01. The molecule has 34 heavy (non-hydrogen) atoms. The number of benzene rings is 3. The Balaban J connectivity index is 1.60. The van der Waals surface area contributed by atoms with Gasteiger partial charge in [0.2, 0.25) is 5.95 Å². The molecule has 1 aromatic heterocycles.